The Bertz CT molecular complexity index is 633. The first-order valence-electron chi connectivity index (χ1n) is 7.11. The van der Waals surface area contributed by atoms with Gasteiger partial charge in [-0.05, 0) is 24.1 Å². The first-order valence-corrected chi connectivity index (χ1v) is 7.11. The van der Waals surface area contributed by atoms with E-state index in [4.69, 9.17) is 5.73 Å². The van der Waals surface area contributed by atoms with Gasteiger partial charge in [0.2, 0.25) is 0 Å². The summed E-state index contributed by atoms with van der Waals surface area (Å²) in [5, 5.41) is 6.90. The van der Waals surface area contributed by atoms with Crippen molar-refractivity contribution < 1.29 is 13.2 Å². The minimum absolute atomic E-state index is 0.196. The number of benzene rings is 1. The number of rotatable bonds is 3. The van der Waals surface area contributed by atoms with Gasteiger partial charge < -0.3 is 5.73 Å². The third-order valence-corrected chi connectivity index (χ3v) is 3.92. The zero-order chi connectivity index (χ0) is 15.7. The van der Waals surface area contributed by atoms with E-state index < -0.39 is 11.7 Å². The third kappa shape index (κ3) is 3.15. The molecule has 0 spiro atoms. The Morgan fingerprint density at radius 1 is 1.27 bits per heavy atom. The van der Waals surface area contributed by atoms with Crippen molar-refractivity contribution in [2.24, 2.45) is 5.73 Å². The van der Waals surface area contributed by atoms with Crippen LogP contribution in [0.25, 0.3) is 11.3 Å². The highest BCUT2D eigenvalue weighted by atomic mass is 19.4. The Morgan fingerprint density at radius 2 is 2.00 bits per heavy atom. The largest absolute Gasteiger partial charge is 0.416 e. The second-order valence-corrected chi connectivity index (χ2v) is 5.63. The van der Waals surface area contributed by atoms with E-state index in [1.165, 1.54) is 12.1 Å². The van der Waals surface area contributed by atoms with E-state index in [1.54, 1.807) is 6.20 Å². The standard InChI is InChI=1S/C15H17F3N4/c16-15(17,18)12-3-1-10(2-4-12)14-11(7-20-21-14)8-22-6-5-13(19)9-22/h1-4,7,13H,5-6,8-9,19H2,(H,20,21)/t13-/m0/s1. The van der Waals surface area contributed by atoms with Gasteiger partial charge in [-0.1, -0.05) is 12.1 Å². The first kappa shape index (κ1) is 15.1. The SMILES string of the molecule is N[C@H]1CCN(Cc2cn[nH]c2-c2ccc(C(F)(F)F)cc2)C1. The van der Waals surface area contributed by atoms with Crippen LogP contribution < -0.4 is 5.73 Å². The molecular formula is C15H17F3N4. The van der Waals surface area contributed by atoms with Crippen LogP contribution in [0.1, 0.15) is 17.5 Å². The number of nitrogens with one attached hydrogen (secondary N) is 1. The molecule has 0 aliphatic carbocycles. The molecule has 1 aromatic heterocycles. The summed E-state index contributed by atoms with van der Waals surface area (Å²) in [4.78, 5) is 2.23. The number of alkyl halides is 3. The van der Waals surface area contributed by atoms with Crippen molar-refractivity contribution in [3.8, 4) is 11.3 Å². The van der Waals surface area contributed by atoms with Crippen LogP contribution in [0.2, 0.25) is 0 Å². The summed E-state index contributed by atoms with van der Waals surface area (Å²) >= 11 is 0. The fourth-order valence-corrected chi connectivity index (χ4v) is 2.75. The molecule has 0 unspecified atom stereocenters. The van der Waals surface area contributed by atoms with Crippen molar-refractivity contribution in [2.45, 2.75) is 25.2 Å². The average molecular weight is 310 g/mol. The molecule has 2 aromatic rings. The number of halogens is 3. The quantitative estimate of drug-likeness (QED) is 0.916. The molecule has 3 N–H and O–H groups in total. The van der Waals surface area contributed by atoms with Crippen molar-refractivity contribution >= 4 is 0 Å². The normalized spacial score (nSPS) is 19.7. The fourth-order valence-electron chi connectivity index (χ4n) is 2.75. The predicted molar refractivity (Wildman–Crippen MR) is 76.9 cm³/mol. The number of hydrogen-bond donors (Lipinski definition) is 2. The fraction of sp³-hybridized carbons (Fsp3) is 0.400. The summed E-state index contributed by atoms with van der Waals surface area (Å²) in [5.41, 5.74) is 7.66. The van der Waals surface area contributed by atoms with Gasteiger partial charge in [0.15, 0.2) is 0 Å². The van der Waals surface area contributed by atoms with Crippen molar-refractivity contribution in [3.05, 3.63) is 41.6 Å². The Hall–Kier alpha value is -1.86. The number of hydrogen-bond acceptors (Lipinski definition) is 3. The summed E-state index contributed by atoms with van der Waals surface area (Å²) in [5.74, 6) is 0. The highest BCUT2D eigenvalue weighted by molar-refractivity contribution is 5.63. The molecule has 1 aliphatic rings. The minimum Gasteiger partial charge on any atom is -0.326 e. The monoisotopic (exact) mass is 310 g/mol. The molecule has 1 saturated heterocycles. The van der Waals surface area contributed by atoms with E-state index >= 15 is 0 Å². The maximum Gasteiger partial charge on any atom is 0.416 e. The van der Waals surface area contributed by atoms with E-state index in [0.717, 1.165) is 42.9 Å². The van der Waals surface area contributed by atoms with Gasteiger partial charge >= 0.3 is 6.18 Å². The molecule has 22 heavy (non-hydrogen) atoms. The molecule has 1 aromatic carbocycles. The topological polar surface area (TPSA) is 57.9 Å². The molecule has 0 radical (unpaired) electrons. The number of likely N-dealkylation sites (tertiary alicyclic amines) is 1. The predicted octanol–water partition coefficient (Wildman–Crippen LogP) is 2.63. The summed E-state index contributed by atoms with van der Waals surface area (Å²) in [6.45, 7) is 2.46. The number of nitrogens with zero attached hydrogens (tertiary/aromatic N) is 2. The summed E-state index contributed by atoms with van der Waals surface area (Å²) in [6, 6.07) is 5.31. The van der Waals surface area contributed by atoms with Gasteiger partial charge in [0, 0.05) is 31.2 Å². The van der Waals surface area contributed by atoms with Gasteiger partial charge in [-0.25, -0.2) is 0 Å². The minimum atomic E-state index is -4.32. The smallest absolute Gasteiger partial charge is 0.326 e. The Morgan fingerprint density at radius 3 is 2.59 bits per heavy atom. The van der Waals surface area contributed by atoms with E-state index in [2.05, 4.69) is 15.1 Å². The van der Waals surface area contributed by atoms with Crippen LogP contribution in [0, 0.1) is 0 Å². The van der Waals surface area contributed by atoms with Gasteiger partial charge in [-0.3, -0.25) is 10.00 Å². The number of H-pyrrole nitrogens is 1. The van der Waals surface area contributed by atoms with Crippen molar-refractivity contribution in [1.29, 1.82) is 0 Å². The lowest BCUT2D eigenvalue weighted by atomic mass is 10.1. The lowest BCUT2D eigenvalue weighted by Crippen LogP contribution is -2.26. The van der Waals surface area contributed by atoms with Crippen LogP contribution in [-0.2, 0) is 12.7 Å². The highest BCUT2D eigenvalue weighted by Gasteiger charge is 2.30. The van der Waals surface area contributed by atoms with Crippen molar-refractivity contribution in [1.82, 2.24) is 15.1 Å². The summed E-state index contributed by atoms with van der Waals surface area (Å²) in [6.07, 6.45) is -1.63. The van der Waals surface area contributed by atoms with Crippen LogP contribution in [0.3, 0.4) is 0 Å². The molecule has 1 atom stereocenters. The summed E-state index contributed by atoms with van der Waals surface area (Å²) < 4.78 is 37.8. The van der Waals surface area contributed by atoms with E-state index in [0.29, 0.717) is 12.1 Å². The molecule has 1 aliphatic heterocycles. The lowest BCUT2D eigenvalue weighted by Gasteiger charge is -2.15. The van der Waals surface area contributed by atoms with E-state index in [-0.39, 0.29) is 6.04 Å². The zero-order valence-electron chi connectivity index (χ0n) is 11.9. The van der Waals surface area contributed by atoms with E-state index in [9.17, 15) is 13.2 Å². The van der Waals surface area contributed by atoms with Crippen LogP contribution in [0.5, 0.6) is 0 Å². The Balaban J connectivity index is 1.79. The van der Waals surface area contributed by atoms with E-state index in [1.807, 2.05) is 0 Å². The molecule has 2 heterocycles. The molecule has 4 nitrogen and oxygen atoms in total. The Labute approximate surface area is 126 Å². The Kier molecular flexibility index (Phi) is 3.92. The average Bonchev–Trinajstić information content (AvgIpc) is 3.08. The molecule has 0 amide bonds. The van der Waals surface area contributed by atoms with Gasteiger partial charge in [-0.2, -0.15) is 18.3 Å². The van der Waals surface area contributed by atoms with Gasteiger partial charge in [-0.15, -0.1) is 0 Å². The van der Waals surface area contributed by atoms with Crippen molar-refractivity contribution in [2.75, 3.05) is 13.1 Å². The molecule has 1 fully saturated rings. The van der Waals surface area contributed by atoms with Crippen molar-refractivity contribution in [3.63, 3.8) is 0 Å². The first-order chi connectivity index (χ1) is 10.4. The molecule has 7 heteroatoms. The number of aromatic nitrogens is 2. The zero-order valence-corrected chi connectivity index (χ0v) is 11.9. The van der Waals surface area contributed by atoms with Gasteiger partial charge in [0.05, 0.1) is 17.5 Å². The molecule has 0 saturated carbocycles. The molecule has 118 valence electrons. The van der Waals surface area contributed by atoms with Crippen LogP contribution in [0.4, 0.5) is 13.2 Å². The van der Waals surface area contributed by atoms with Crippen LogP contribution >= 0.6 is 0 Å². The molecule has 0 bridgehead atoms. The second kappa shape index (κ2) is 5.73. The van der Waals surface area contributed by atoms with Crippen LogP contribution in [0.15, 0.2) is 30.5 Å². The third-order valence-electron chi connectivity index (χ3n) is 3.92. The molecule has 3 rings (SSSR count). The molecular weight excluding hydrogens is 293 g/mol. The maximum absolute atomic E-state index is 12.6. The summed E-state index contributed by atoms with van der Waals surface area (Å²) in [7, 11) is 0. The number of nitrogens with two attached hydrogens (primary N) is 1. The van der Waals surface area contributed by atoms with Crippen LogP contribution in [-0.4, -0.2) is 34.2 Å². The van der Waals surface area contributed by atoms with Gasteiger partial charge in [0.25, 0.3) is 0 Å². The lowest BCUT2D eigenvalue weighted by molar-refractivity contribution is -0.137. The number of aromatic amines is 1. The maximum atomic E-state index is 12.6. The van der Waals surface area contributed by atoms with Gasteiger partial charge in [0.1, 0.15) is 0 Å². The second-order valence-electron chi connectivity index (χ2n) is 5.63. The highest BCUT2D eigenvalue weighted by Crippen LogP contribution is 2.31.